The molecule has 3 amide bonds. The summed E-state index contributed by atoms with van der Waals surface area (Å²) in [5.74, 6) is -0.880. The van der Waals surface area contributed by atoms with Gasteiger partial charge in [-0.15, -0.1) is 0 Å². The summed E-state index contributed by atoms with van der Waals surface area (Å²) in [6, 6.07) is 9.52. The first-order valence-electron chi connectivity index (χ1n) is 9.48. The van der Waals surface area contributed by atoms with Gasteiger partial charge in [-0.2, -0.15) is 13.2 Å². The molecular weight excluding hydrogens is 428 g/mol. The number of hydrogen-bond acceptors (Lipinski definition) is 3. The van der Waals surface area contributed by atoms with E-state index >= 15 is 0 Å². The van der Waals surface area contributed by atoms with E-state index in [0.717, 1.165) is 30.3 Å². The average Bonchev–Trinajstić information content (AvgIpc) is 3.11. The van der Waals surface area contributed by atoms with Gasteiger partial charge in [-0.3, -0.25) is 9.78 Å². The van der Waals surface area contributed by atoms with Crippen LogP contribution in [0.5, 0.6) is 0 Å². The lowest BCUT2D eigenvalue weighted by atomic mass is 10.0. The highest BCUT2D eigenvalue weighted by atomic mass is 19.4. The Kier molecular flexibility index (Phi) is 5.52. The zero-order valence-electron chi connectivity index (χ0n) is 16.3. The number of anilines is 2. The van der Waals surface area contributed by atoms with Gasteiger partial charge in [0, 0.05) is 17.6 Å². The molecule has 6 nitrogen and oxygen atoms in total. The first kappa shape index (κ1) is 21.3. The first-order valence-corrected chi connectivity index (χ1v) is 9.48. The summed E-state index contributed by atoms with van der Waals surface area (Å²) in [6.07, 6.45) is -3.03. The molecule has 164 valence electrons. The Morgan fingerprint density at radius 3 is 2.53 bits per heavy atom. The number of halogens is 4. The Balaban J connectivity index is 1.58. The molecule has 2 aromatic carbocycles. The van der Waals surface area contributed by atoms with Crippen LogP contribution in [0.1, 0.15) is 28.4 Å². The molecule has 1 aromatic heterocycles. The molecule has 0 saturated heterocycles. The van der Waals surface area contributed by atoms with Gasteiger partial charge in [0.1, 0.15) is 17.6 Å². The highest BCUT2D eigenvalue weighted by Crippen LogP contribution is 2.31. The summed E-state index contributed by atoms with van der Waals surface area (Å²) in [6.45, 7) is 0. The van der Waals surface area contributed by atoms with E-state index in [1.165, 1.54) is 12.3 Å². The third kappa shape index (κ3) is 4.53. The molecule has 0 bridgehead atoms. The third-order valence-corrected chi connectivity index (χ3v) is 4.90. The number of aromatic nitrogens is 1. The number of fused-ring (bicyclic) bond motifs is 1. The molecule has 1 aliphatic heterocycles. The zero-order chi connectivity index (χ0) is 22.9. The van der Waals surface area contributed by atoms with Crippen molar-refractivity contribution < 1.29 is 27.2 Å². The van der Waals surface area contributed by atoms with Crippen molar-refractivity contribution in [2.45, 2.75) is 18.6 Å². The Morgan fingerprint density at radius 2 is 1.84 bits per heavy atom. The van der Waals surface area contributed by atoms with Crippen LogP contribution in [0.25, 0.3) is 0 Å². The van der Waals surface area contributed by atoms with Crippen LogP contribution in [0.2, 0.25) is 0 Å². The lowest BCUT2D eigenvalue weighted by Crippen LogP contribution is -2.34. The Labute approximate surface area is 179 Å². The van der Waals surface area contributed by atoms with Crippen molar-refractivity contribution >= 4 is 23.3 Å². The van der Waals surface area contributed by atoms with Crippen molar-refractivity contribution in [3.8, 4) is 0 Å². The van der Waals surface area contributed by atoms with Crippen LogP contribution in [0.4, 0.5) is 33.7 Å². The van der Waals surface area contributed by atoms with E-state index in [4.69, 9.17) is 0 Å². The van der Waals surface area contributed by atoms with Gasteiger partial charge in [-0.25, -0.2) is 9.18 Å². The quantitative estimate of drug-likeness (QED) is 0.513. The van der Waals surface area contributed by atoms with E-state index in [1.807, 2.05) is 0 Å². The number of carbonyl (C=O) groups is 2. The number of hydrogen-bond donors (Lipinski definition) is 3. The van der Waals surface area contributed by atoms with Gasteiger partial charge in [0.2, 0.25) is 5.91 Å². The molecule has 0 radical (unpaired) electrons. The first-order chi connectivity index (χ1) is 15.2. The average molecular weight is 444 g/mol. The lowest BCUT2D eigenvalue weighted by molar-refractivity contribution is -0.137. The molecule has 32 heavy (non-hydrogen) atoms. The predicted molar refractivity (Wildman–Crippen MR) is 108 cm³/mol. The summed E-state index contributed by atoms with van der Waals surface area (Å²) in [4.78, 5) is 28.1. The van der Waals surface area contributed by atoms with Crippen molar-refractivity contribution in [3.05, 3.63) is 89.0 Å². The van der Waals surface area contributed by atoms with E-state index in [9.17, 15) is 27.2 Å². The summed E-state index contributed by atoms with van der Waals surface area (Å²) in [5, 5.41) is 7.83. The number of rotatable bonds is 4. The van der Waals surface area contributed by atoms with Crippen molar-refractivity contribution in [1.82, 2.24) is 10.3 Å². The van der Waals surface area contributed by atoms with E-state index < -0.39 is 29.6 Å². The van der Waals surface area contributed by atoms with Crippen LogP contribution < -0.4 is 16.0 Å². The minimum Gasteiger partial charge on any atom is -0.326 e. The molecule has 3 N–H and O–H groups in total. The van der Waals surface area contributed by atoms with Crippen molar-refractivity contribution in [2.75, 3.05) is 10.6 Å². The normalized spacial score (nSPS) is 13.8. The smallest absolute Gasteiger partial charge is 0.326 e. The molecule has 4 rings (SSSR count). The fraction of sp³-hybridized carbons (Fsp3) is 0.136. The van der Waals surface area contributed by atoms with Crippen LogP contribution in [0.3, 0.4) is 0 Å². The second-order valence-electron chi connectivity index (χ2n) is 7.12. The van der Waals surface area contributed by atoms with Gasteiger partial charge in [0.15, 0.2) is 0 Å². The molecular formula is C22H16F4N4O2. The van der Waals surface area contributed by atoms with Crippen molar-refractivity contribution in [2.24, 2.45) is 0 Å². The van der Waals surface area contributed by atoms with E-state index in [0.29, 0.717) is 16.9 Å². The molecule has 1 unspecified atom stereocenters. The van der Waals surface area contributed by atoms with E-state index in [1.54, 1.807) is 18.2 Å². The maximum atomic E-state index is 14.4. The fourth-order valence-electron chi connectivity index (χ4n) is 3.39. The summed E-state index contributed by atoms with van der Waals surface area (Å²) >= 11 is 0. The topological polar surface area (TPSA) is 83.1 Å². The number of amides is 3. The maximum absolute atomic E-state index is 14.4. The van der Waals surface area contributed by atoms with Crippen molar-refractivity contribution in [1.29, 1.82) is 0 Å². The van der Waals surface area contributed by atoms with E-state index in [-0.39, 0.29) is 23.6 Å². The lowest BCUT2D eigenvalue weighted by Gasteiger charge is -2.20. The van der Waals surface area contributed by atoms with Gasteiger partial charge in [0.25, 0.3) is 0 Å². The summed E-state index contributed by atoms with van der Waals surface area (Å²) in [7, 11) is 0. The van der Waals surface area contributed by atoms with Gasteiger partial charge in [-0.1, -0.05) is 12.1 Å². The zero-order valence-corrected chi connectivity index (χ0v) is 16.3. The number of benzene rings is 2. The molecule has 0 fully saturated rings. The molecule has 10 heteroatoms. The number of carbonyl (C=O) groups excluding carboxylic acids is 2. The Morgan fingerprint density at radius 1 is 1.09 bits per heavy atom. The highest BCUT2D eigenvalue weighted by Gasteiger charge is 2.31. The minimum atomic E-state index is -4.53. The number of nitrogens with zero attached hydrogens (tertiary/aromatic N) is 1. The van der Waals surface area contributed by atoms with Crippen LogP contribution in [0, 0.1) is 5.82 Å². The van der Waals surface area contributed by atoms with Gasteiger partial charge >= 0.3 is 12.2 Å². The predicted octanol–water partition coefficient (Wildman–Crippen LogP) is 4.65. The minimum absolute atomic E-state index is 0.147. The molecule has 0 saturated carbocycles. The standard InChI is InChI=1S/C22H16F4N4O2/c23-16-2-1-9-27-20(16)19(12-3-5-14(6-4-12)22(24,25)26)30-21(32)28-15-7-8-17-13(10-15)11-18(31)29-17/h1-10,19H,11H2,(H,29,31)(H2,28,30,32). The van der Waals surface area contributed by atoms with Crippen LogP contribution in [-0.2, 0) is 17.4 Å². The number of nitrogens with one attached hydrogen (secondary N) is 3. The summed E-state index contributed by atoms with van der Waals surface area (Å²) < 4.78 is 53.1. The fourth-order valence-corrected chi connectivity index (χ4v) is 3.39. The monoisotopic (exact) mass is 444 g/mol. The SMILES string of the molecule is O=C1Cc2cc(NC(=O)NC(c3ccc(C(F)(F)F)cc3)c3ncccc3F)ccc2N1. The summed E-state index contributed by atoms with van der Waals surface area (Å²) in [5.41, 5.74) is 0.959. The van der Waals surface area contributed by atoms with Crippen LogP contribution in [-0.4, -0.2) is 16.9 Å². The molecule has 1 atom stereocenters. The Hall–Kier alpha value is -3.95. The van der Waals surface area contributed by atoms with Crippen LogP contribution in [0.15, 0.2) is 60.8 Å². The maximum Gasteiger partial charge on any atom is 0.416 e. The molecule has 3 aromatic rings. The van der Waals surface area contributed by atoms with Crippen LogP contribution >= 0.6 is 0 Å². The second-order valence-corrected chi connectivity index (χ2v) is 7.12. The third-order valence-electron chi connectivity index (χ3n) is 4.90. The molecule has 2 heterocycles. The highest BCUT2D eigenvalue weighted by molar-refractivity contribution is 6.00. The van der Waals surface area contributed by atoms with Gasteiger partial charge in [0.05, 0.1) is 12.0 Å². The van der Waals surface area contributed by atoms with Gasteiger partial charge < -0.3 is 16.0 Å². The molecule has 0 aliphatic carbocycles. The molecule has 0 spiro atoms. The van der Waals surface area contributed by atoms with Crippen molar-refractivity contribution in [3.63, 3.8) is 0 Å². The molecule has 1 aliphatic rings. The largest absolute Gasteiger partial charge is 0.416 e. The Bertz CT molecular complexity index is 1180. The number of alkyl halides is 3. The number of pyridine rings is 1. The second kappa shape index (κ2) is 8.29. The van der Waals surface area contributed by atoms with Gasteiger partial charge in [-0.05, 0) is 53.6 Å². The van der Waals surface area contributed by atoms with E-state index in [2.05, 4.69) is 20.9 Å². The number of urea groups is 1.